The number of non-ortho nitro benzene ring substituents is 1. The van der Waals surface area contributed by atoms with E-state index in [0.29, 0.717) is 5.56 Å². The quantitative estimate of drug-likeness (QED) is 0.381. The second-order valence-corrected chi connectivity index (χ2v) is 5.53. The lowest BCUT2D eigenvalue weighted by Gasteiger charge is -2.17. The van der Waals surface area contributed by atoms with Gasteiger partial charge in [0.25, 0.3) is 11.6 Å². The molecule has 0 unspecified atom stereocenters. The van der Waals surface area contributed by atoms with Crippen LogP contribution in [-0.2, 0) is 0 Å². The largest absolute Gasteiger partial charge is 0.315 e. The van der Waals surface area contributed by atoms with E-state index in [1.807, 2.05) is 11.4 Å². The summed E-state index contributed by atoms with van der Waals surface area (Å²) in [4.78, 5) is 22.3. The Bertz CT molecular complexity index is 673. The fourth-order valence-electron chi connectivity index (χ4n) is 1.73. The number of rotatable bonds is 5. The van der Waals surface area contributed by atoms with Gasteiger partial charge in [0.15, 0.2) is 0 Å². The lowest BCUT2D eigenvalue weighted by atomic mass is 10.2. The summed E-state index contributed by atoms with van der Waals surface area (Å²) in [7, 11) is 1.84. The fraction of sp³-hybridized carbons (Fsp3) is 0.0714. The van der Waals surface area contributed by atoms with E-state index in [9.17, 15) is 14.9 Å². The summed E-state index contributed by atoms with van der Waals surface area (Å²) in [5, 5.41) is 19.2. The van der Waals surface area contributed by atoms with Gasteiger partial charge in [0, 0.05) is 35.3 Å². The number of benzene rings is 2. The molecule has 0 aliphatic heterocycles. The maximum atomic E-state index is 11.2. The van der Waals surface area contributed by atoms with Gasteiger partial charge >= 0.3 is 0 Å². The molecule has 2 rings (SSSR count). The second-order valence-electron chi connectivity index (χ2n) is 4.33. The zero-order valence-electron chi connectivity index (χ0n) is 11.6. The monoisotopic (exact) mass is 319 g/mol. The van der Waals surface area contributed by atoms with Crippen molar-refractivity contribution in [2.45, 2.75) is 4.90 Å². The highest BCUT2D eigenvalue weighted by Gasteiger charge is 2.09. The van der Waals surface area contributed by atoms with E-state index in [1.54, 1.807) is 41.9 Å². The first-order valence-corrected chi connectivity index (χ1v) is 6.99. The van der Waals surface area contributed by atoms with E-state index < -0.39 is 10.8 Å². The van der Waals surface area contributed by atoms with Crippen LogP contribution < -0.4 is 9.79 Å². The van der Waals surface area contributed by atoms with Crippen LogP contribution in [0.2, 0.25) is 0 Å². The van der Waals surface area contributed by atoms with Crippen LogP contribution in [0, 0.1) is 10.1 Å². The molecule has 0 heterocycles. The minimum atomic E-state index is -0.572. The number of nitrogens with zero attached hydrogens (tertiary/aromatic N) is 2. The molecule has 0 bridgehead atoms. The predicted molar refractivity (Wildman–Crippen MR) is 83.1 cm³/mol. The summed E-state index contributed by atoms with van der Waals surface area (Å²) in [6.45, 7) is 0. The van der Waals surface area contributed by atoms with Crippen LogP contribution in [0.5, 0.6) is 0 Å². The summed E-state index contributed by atoms with van der Waals surface area (Å²) in [5.41, 5.74) is 2.81. The van der Waals surface area contributed by atoms with Gasteiger partial charge in [-0.05, 0) is 48.3 Å². The number of carbonyl (C=O) groups excluding carboxylic acids is 1. The van der Waals surface area contributed by atoms with Crippen LogP contribution in [0.3, 0.4) is 0 Å². The number of nitro groups is 1. The molecule has 0 spiro atoms. The third-order valence-electron chi connectivity index (χ3n) is 2.88. The van der Waals surface area contributed by atoms with Gasteiger partial charge in [0.2, 0.25) is 0 Å². The molecule has 0 atom stereocenters. The van der Waals surface area contributed by atoms with E-state index in [2.05, 4.69) is 0 Å². The highest BCUT2D eigenvalue weighted by Crippen LogP contribution is 2.28. The Kier molecular flexibility index (Phi) is 4.97. The van der Waals surface area contributed by atoms with Gasteiger partial charge in [-0.15, -0.1) is 0 Å². The number of hydrogen-bond acceptors (Lipinski definition) is 6. The molecule has 8 heteroatoms. The van der Waals surface area contributed by atoms with Crippen molar-refractivity contribution in [3.63, 3.8) is 0 Å². The van der Waals surface area contributed by atoms with Gasteiger partial charge in [-0.25, -0.2) is 5.48 Å². The highest BCUT2D eigenvalue weighted by atomic mass is 32.2. The molecule has 2 N–H and O–H groups in total. The molecule has 0 aliphatic carbocycles. The molecule has 0 fully saturated rings. The molecule has 0 saturated heterocycles. The van der Waals surface area contributed by atoms with E-state index in [-0.39, 0.29) is 5.69 Å². The van der Waals surface area contributed by atoms with E-state index >= 15 is 0 Å². The molecule has 0 radical (unpaired) electrons. The van der Waals surface area contributed by atoms with Crippen molar-refractivity contribution in [2.75, 3.05) is 11.4 Å². The summed E-state index contributed by atoms with van der Waals surface area (Å²) in [5.74, 6) is -0.572. The lowest BCUT2D eigenvalue weighted by Crippen LogP contribution is -2.18. The minimum absolute atomic E-state index is 0.0476. The Morgan fingerprint density at radius 2 is 1.77 bits per heavy atom. The number of hydrogen-bond donors (Lipinski definition) is 2. The Labute approximate surface area is 130 Å². The Hall–Kier alpha value is -2.58. The van der Waals surface area contributed by atoms with Crippen molar-refractivity contribution < 1.29 is 14.9 Å². The predicted octanol–water partition coefficient (Wildman–Crippen LogP) is 2.86. The topological polar surface area (TPSA) is 95.7 Å². The van der Waals surface area contributed by atoms with Crippen LogP contribution in [0.1, 0.15) is 10.4 Å². The summed E-state index contributed by atoms with van der Waals surface area (Å²) in [6.07, 6.45) is 0. The maximum absolute atomic E-state index is 11.2. The molecule has 0 aromatic heterocycles. The Morgan fingerprint density at radius 1 is 1.18 bits per heavy atom. The average Bonchev–Trinajstić information content (AvgIpc) is 2.54. The molecule has 2 aromatic rings. The third-order valence-corrected chi connectivity index (χ3v) is 3.85. The van der Waals surface area contributed by atoms with Gasteiger partial charge in [-0.1, -0.05) is 0 Å². The Morgan fingerprint density at radius 3 is 2.27 bits per heavy atom. The molecule has 0 aliphatic rings. The molecule has 7 nitrogen and oxygen atoms in total. The number of anilines is 1. The van der Waals surface area contributed by atoms with Crippen LogP contribution in [-0.4, -0.2) is 23.1 Å². The SMILES string of the molecule is CN(Sc1ccc([N+](=O)[O-])cc1)c1ccc(C(=O)NO)cc1. The number of hydroxylamine groups is 1. The molecule has 1 amide bonds. The van der Waals surface area contributed by atoms with E-state index in [4.69, 9.17) is 5.21 Å². The van der Waals surface area contributed by atoms with Gasteiger partial charge in [-0.2, -0.15) is 0 Å². The summed E-state index contributed by atoms with van der Waals surface area (Å²) < 4.78 is 1.86. The van der Waals surface area contributed by atoms with E-state index in [0.717, 1.165) is 10.6 Å². The highest BCUT2D eigenvalue weighted by molar-refractivity contribution is 8.00. The van der Waals surface area contributed by atoms with Crippen LogP contribution >= 0.6 is 11.9 Å². The molecule has 22 heavy (non-hydrogen) atoms. The van der Waals surface area contributed by atoms with Gasteiger partial charge < -0.3 is 4.31 Å². The minimum Gasteiger partial charge on any atom is -0.315 e. The average molecular weight is 319 g/mol. The second kappa shape index (κ2) is 6.92. The van der Waals surface area contributed by atoms with E-state index in [1.165, 1.54) is 24.1 Å². The standard InChI is InChI=1S/C14H13N3O4S/c1-16(11-4-2-10(3-5-11)14(18)15-19)22-13-8-6-12(7-9-13)17(20)21/h2-9,19H,1H3,(H,15,18). The number of carbonyl (C=O) groups is 1. The molecular formula is C14H13N3O4S. The molecule has 0 saturated carbocycles. The zero-order valence-corrected chi connectivity index (χ0v) is 12.4. The van der Waals surface area contributed by atoms with Crippen LogP contribution in [0.4, 0.5) is 11.4 Å². The molecule has 2 aromatic carbocycles. The third kappa shape index (κ3) is 3.74. The molecule has 114 valence electrons. The first kappa shape index (κ1) is 15.8. The summed E-state index contributed by atoms with van der Waals surface area (Å²) in [6, 6.07) is 12.9. The van der Waals surface area contributed by atoms with Crippen molar-refractivity contribution in [1.29, 1.82) is 0 Å². The summed E-state index contributed by atoms with van der Waals surface area (Å²) >= 11 is 1.40. The lowest BCUT2D eigenvalue weighted by molar-refractivity contribution is -0.384. The normalized spacial score (nSPS) is 10.1. The van der Waals surface area contributed by atoms with Crippen molar-refractivity contribution in [3.05, 3.63) is 64.2 Å². The maximum Gasteiger partial charge on any atom is 0.274 e. The first-order chi connectivity index (χ1) is 10.5. The first-order valence-electron chi connectivity index (χ1n) is 6.22. The van der Waals surface area contributed by atoms with Gasteiger partial charge in [0.1, 0.15) is 0 Å². The fourth-order valence-corrected chi connectivity index (χ4v) is 2.53. The van der Waals surface area contributed by atoms with Crippen molar-refractivity contribution in [1.82, 2.24) is 5.48 Å². The number of amides is 1. The van der Waals surface area contributed by atoms with Crippen molar-refractivity contribution in [2.24, 2.45) is 0 Å². The smallest absolute Gasteiger partial charge is 0.274 e. The van der Waals surface area contributed by atoms with Gasteiger partial charge in [-0.3, -0.25) is 20.1 Å². The Balaban J connectivity index is 2.06. The van der Waals surface area contributed by atoms with Crippen molar-refractivity contribution in [3.8, 4) is 0 Å². The van der Waals surface area contributed by atoms with Crippen molar-refractivity contribution >= 4 is 29.2 Å². The van der Waals surface area contributed by atoms with Crippen LogP contribution in [0.15, 0.2) is 53.4 Å². The van der Waals surface area contributed by atoms with Gasteiger partial charge in [0.05, 0.1) is 4.92 Å². The van der Waals surface area contributed by atoms with Crippen LogP contribution in [0.25, 0.3) is 0 Å². The number of nitrogens with one attached hydrogen (secondary N) is 1. The zero-order chi connectivity index (χ0) is 16.1. The number of nitro benzene ring substituents is 1. The molecular weight excluding hydrogens is 306 g/mol.